The third-order valence-corrected chi connectivity index (χ3v) is 4.36. The maximum atomic E-state index is 13.7. The molecule has 0 radical (unpaired) electrons. The number of nitrogens with one attached hydrogen (secondary N) is 1. The van der Waals surface area contributed by atoms with E-state index in [1.807, 2.05) is 0 Å². The average Bonchev–Trinajstić information content (AvgIpc) is 3.27. The van der Waals surface area contributed by atoms with Crippen LogP contribution in [-0.2, 0) is 17.5 Å². The first-order valence-corrected chi connectivity index (χ1v) is 8.53. The molecular weight excluding hydrogens is 389 g/mol. The Morgan fingerprint density at radius 3 is 2.59 bits per heavy atom. The molecule has 0 bridgehead atoms. The molecule has 3 aromatic heterocycles. The lowest BCUT2D eigenvalue weighted by Crippen LogP contribution is -2.20. The van der Waals surface area contributed by atoms with Gasteiger partial charge in [-0.1, -0.05) is 30.3 Å². The van der Waals surface area contributed by atoms with Crippen molar-refractivity contribution in [3.8, 4) is 22.6 Å². The summed E-state index contributed by atoms with van der Waals surface area (Å²) in [6.07, 6.45) is -3.43. The molecule has 0 atom stereocenters. The number of benzene rings is 1. The normalized spacial score (nSPS) is 12.0. The van der Waals surface area contributed by atoms with Gasteiger partial charge in [0.1, 0.15) is 23.2 Å². The molecule has 0 aliphatic heterocycles. The number of nitrogens with zero attached hydrogens (tertiary/aromatic N) is 3. The number of hydrogen-bond acceptors (Lipinski definition) is 5. The maximum Gasteiger partial charge on any atom is 0.435 e. The fraction of sp³-hybridized carbons (Fsp3) is 0.211. The fourth-order valence-electron chi connectivity index (χ4n) is 3.15. The van der Waals surface area contributed by atoms with E-state index < -0.39 is 17.4 Å². The molecule has 0 amide bonds. The smallest absolute Gasteiger partial charge is 0.435 e. The van der Waals surface area contributed by atoms with Gasteiger partial charge in [0.05, 0.1) is 12.2 Å². The number of fused-ring (bicyclic) bond motifs is 1. The van der Waals surface area contributed by atoms with E-state index in [0.29, 0.717) is 15.9 Å². The Hall–Kier alpha value is -3.40. The zero-order chi connectivity index (χ0) is 20.8. The first kappa shape index (κ1) is 18.9. The summed E-state index contributed by atoms with van der Waals surface area (Å²) in [6.45, 7) is 1.73. The van der Waals surface area contributed by atoms with Gasteiger partial charge in [-0.25, -0.2) is 4.98 Å². The van der Waals surface area contributed by atoms with Crippen molar-refractivity contribution in [2.75, 3.05) is 7.11 Å². The molecule has 1 aromatic carbocycles. The van der Waals surface area contributed by atoms with E-state index in [-0.39, 0.29) is 34.8 Å². The quantitative estimate of drug-likeness (QED) is 0.559. The second kappa shape index (κ2) is 6.89. The zero-order valence-electron chi connectivity index (χ0n) is 15.4. The molecule has 0 aliphatic rings. The predicted octanol–water partition coefficient (Wildman–Crippen LogP) is 3.82. The van der Waals surface area contributed by atoms with Gasteiger partial charge in [-0.2, -0.15) is 22.8 Å². The average molecular weight is 404 g/mol. The van der Waals surface area contributed by atoms with Crippen LogP contribution in [0, 0.1) is 6.92 Å². The second-order valence-electron chi connectivity index (χ2n) is 6.35. The summed E-state index contributed by atoms with van der Waals surface area (Å²) in [6, 6.07) is 7.97. The van der Waals surface area contributed by atoms with E-state index in [9.17, 15) is 18.0 Å². The van der Waals surface area contributed by atoms with Crippen LogP contribution in [0.25, 0.3) is 28.2 Å². The highest BCUT2D eigenvalue weighted by Gasteiger charge is 2.39. The molecule has 10 heteroatoms. The van der Waals surface area contributed by atoms with E-state index in [1.165, 1.54) is 25.5 Å². The predicted molar refractivity (Wildman–Crippen MR) is 97.2 cm³/mol. The Bertz CT molecular complexity index is 1240. The van der Waals surface area contributed by atoms with Crippen LogP contribution < -0.4 is 5.56 Å². The number of aryl methyl sites for hydroxylation is 1. The lowest BCUT2D eigenvalue weighted by Gasteiger charge is -2.07. The van der Waals surface area contributed by atoms with E-state index in [4.69, 9.17) is 9.15 Å². The zero-order valence-corrected chi connectivity index (χ0v) is 15.4. The molecule has 0 saturated carbocycles. The summed E-state index contributed by atoms with van der Waals surface area (Å²) in [5, 5.41) is 3.58. The summed E-state index contributed by atoms with van der Waals surface area (Å²) >= 11 is 0. The molecule has 1 N–H and O–H groups in total. The lowest BCUT2D eigenvalue weighted by molar-refractivity contribution is -0.140. The van der Waals surface area contributed by atoms with Crippen molar-refractivity contribution in [3.05, 3.63) is 64.0 Å². The van der Waals surface area contributed by atoms with Crippen molar-refractivity contribution in [1.82, 2.24) is 19.6 Å². The summed E-state index contributed by atoms with van der Waals surface area (Å²) in [7, 11) is 1.48. The van der Waals surface area contributed by atoms with E-state index >= 15 is 0 Å². The molecule has 0 spiro atoms. The number of alkyl halides is 3. The van der Waals surface area contributed by atoms with Gasteiger partial charge < -0.3 is 14.1 Å². The highest BCUT2D eigenvalue weighted by atomic mass is 19.4. The molecule has 150 valence electrons. The molecule has 4 aromatic rings. The number of aromatic nitrogens is 4. The minimum Gasteiger partial charge on any atom is -0.444 e. The van der Waals surface area contributed by atoms with Gasteiger partial charge in [-0.3, -0.25) is 4.79 Å². The summed E-state index contributed by atoms with van der Waals surface area (Å²) in [5.74, 6) is -0.0250. The minimum absolute atomic E-state index is 0.00399. The van der Waals surface area contributed by atoms with Crippen LogP contribution in [-0.4, -0.2) is 26.7 Å². The first-order chi connectivity index (χ1) is 13.8. The largest absolute Gasteiger partial charge is 0.444 e. The van der Waals surface area contributed by atoms with Gasteiger partial charge in [0.2, 0.25) is 5.89 Å². The van der Waals surface area contributed by atoms with Gasteiger partial charge in [0.25, 0.3) is 5.56 Å². The number of ether oxygens (including phenoxy) is 1. The number of halogens is 3. The van der Waals surface area contributed by atoms with Crippen molar-refractivity contribution in [2.45, 2.75) is 19.7 Å². The van der Waals surface area contributed by atoms with Crippen LogP contribution in [0.4, 0.5) is 13.2 Å². The molecule has 7 nitrogen and oxygen atoms in total. The number of aromatic amines is 1. The summed E-state index contributed by atoms with van der Waals surface area (Å²) in [4.78, 5) is 20.1. The van der Waals surface area contributed by atoms with Crippen LogP contribution >= 0.6 is 0 Å². The van der Waals surface area contributed by atoms with Crippen LogP contribution in [0.5, 0.6) is 0 Å². The molecule has 0 fully saturated rings. The fourth-order valence-corrected chi connectivity index (χ4v) is 3.15. The number of H-pyrrole nitrogens is 1. The van der Waals surface area contributed by atoms with Gasteiger partial charge in [0, 0.05) is 12.8 Å². The standard InChI is InChI=1S/C19H15F3N4O3/c1-10-13(17-24-12(8-28-2)9-29-17)18(27)26-16(23-10)14(11-6-4-3-5-7-11)15(25-26)19(20,21)22/h3-7,9,23H,8H2,1-2H3. The van der Waals surface area contributed by atoms with E-state index in [1.54, 1.807) is 25.1 Å². The van der Waals surface area contributed by atoms with Crippen molar-refractivity contribution in [1.29, 1.82) is 0 Å². The van der Waals surface area contributed by atoms with Gasteiger partial charge in [-0.15, -0.1) is 0 Å². The van der Waals surface area contributed by atoms with Crippen LogP contribution in [0.3, 0.4) is 0 Å². The molecule has 4 rings (SSSR count). The highest BCUT2D eigenvalue weighted by Crippen LogP contribution is 2.38. The Balaban J connectivity index is 2.02. The van der Waals surface area contributed by atoms with Crippen LogP contribution in [0.1, 0.15) is 17.1 Å². The molecular formula is C19H15F3N4O3. The van der Waals surface area contributed by atoms with Crippen molar-refractivity contribution in [2.24, 2.45) is 0 Å². The third-order valence-electron chi connectivity index (χ3n) is 4.36. The Morgan fingerprint density at radius 2 is 1.93 bits per heavy atom. The molecule has 29 heavy (non-hydrogen) atoms. The van der Waals surface area contributed by atoms with Crippen molar-refractivity contribution < 1.29 is 22.3 Å². The Kier molecular flexibility index (Phi) is 4.50. The summed E-state index contributed by atoms with van der Waals surface area (Å²) < 4.78 is 52.0. The molecule has 0 aliphatic carbocycles. The second-order valence-corrected chi connectivity index (χ2v) is 6.35. The number of methoxy groups -OCH3 is 1. The monoisotopic (exact) mass is 404 g/mol. The third kappa shape index (κ3) is 3.21. The SMILES string of the molecule is COCc1coc(-c2c(C)[nH]c3c(-c4ccccc4)c(C(F)(F)F)nn3c2=O)n1. The van der Waals surface area contributed by atoms with Gasteiger partial charge >= 0.3 is 6.18 Å². The van der Waals surface area contributed by atoms with Gasteiger partial charge in [0.15, 0.2) is 5.69 Å². The van der Waals surface area contributed by atoms with Crippen molar-refractivity contribution in [3.63, 3.8) is 0 Å². The number of oxazole rings is 1. The minimum atomic E-state index is -4.75. The Morgan fingerprint density at radius 1 is 1.21 bits per heavy atom. The molecule has 3 heterocycles. The Labute approximate surface area is 161 Å². The van der Waals surface area contributed by atoms with Crippen LogP contribution in [0.15, 0.2) is 45.8 Å². The topological polar surface area (TPSA) is 85.4 Å². The molecule has 0 unspecified atom stereocenters. The summed E-state index contributed by atoms with van der Waals surface area (Å²) in [5.41, 5.74) is -1.14. The maximum absolute atomic E-state index is 13.7. The van der Waals surface area contributed by atoms with Crippen molar-refractivity contribution >= 4 is 5.65 Å². The first-order valence-electron chi connectivity index (χ1n) is 8.53. The van der Waals surface area contributed by atoms with Crippen LogP contribution in [0.2, 0.25) is 0 Å². The van der Waals surface area contributed by atoms with E-state index in [2.05, 4.69) is 15.1 Å². The van der Waals surface area contributed by atoms with Gasteiger partial charge in [-0.05, 0) is 12.5 Å². The lowest BCUT2D eigenvalue weighted by atomic mass is 10.1. The van der Waals surface area contributed by atoms with E-state index in [0.717, 1.165) is 0 Å². The number of hydrogen-bond donors (Lipinski definition) is 1. The highest BCUT2D eigenvalue weighted by molar-refractivity contribution is 5.81. The molecule has 0 saturated heterocycles. The number of rotatable bonds is 4.